The first-order chi connectivity index (χ1) is 18.0. The number of carboxylic acid groups (broad SMARTS) is 2. The van der Waals surface area contributed by atoms with Crippen LogP contribution >= 0.6 is 22.7 Å². The maximum absolute atomic E-state index is 11.2. The highest BCUT2D eigenvalue weighted by Gasteiger charge is 2.17. The van der Waals surface area contributed by atoms with Crippen molar-refractivity contribution in [3.05, 3.63) is 120 Å². The minimum Gasteiger partial charge on any atom is -0.477 e. The molecule has 2 N–H and O–H groups in total. The lowest BCUT2D eigenvalue weighted by molar-refractivity contribution is -0.140. The normalized spacial score (nSPS) is 10.6. The van der Waals surface area contributed by atoms with Crippen LogP contribution in [-0.2, 0) is 9.59 Å². The third kappa shape index (κ3) is 5.38. The summed E-state index contributed by atoms with van der Waals surface area (Å²) >= 11 is 2.99. The number of benzene rings is 3. The smallest absolute Gasteiger partial charge is 0.343 e. The highest BCUT2D eigenvalue weighted by molar-refractivity contribution is 7.24. The van der Waals surface area contributed by atoms with Crippen LogP contribution in [0.15, 0.2) is 115 Å². The van der Waals surface area contributed by atoms with E-state index in [1.165, 1.54) is 17.4 Å². The molecule has 0 fully saturated rings. The third-order valence-corrected chi connectivity index (χ3v) is 8.02. The molecule has 182 valence electrons. The van der Waals surface area contributed by atoms with E-state index in [0.717, 1.165) is 37.3 Å². The van der Waals surface area contributed by atoms with Crippen molar-refractivity contribution in [1.29, 1.82) is 0 Å². The van der Waals surface area contributed by atoms with Crippen molar-refractivity contribution in [2.24, 2.45) is 0 Å². The second-order valence-corrected chi connectivity index (χ2v) is 10.3. The first-order valence-corrected chi connectivity index (χ1v) is 13.0. The molecule has 0 spiro atoms. The molecular formula is C30H21NO4S2. The summed E-state index contributed by atoms with van der Waals surface area (Å²) in [5, 5.41) is 18.2. The highest BCUT2D eigenvalue weighted by atomic mass is 32.1. The van der Waals surface area contributed by atoms with Gasteiger partial charge in [-0.25, -0.2) is 9.59 Å². The molecule has 0 saturated heterocycles. The molecule has 3 aromatic carbocycles. The van der Waals surface area contributed by atoms with Crippen LogP contribution in [-0.4, -0.2) is 22.2 Å². The summed E-state index contributed by atoms with van der Waals surface area (Å²) in [6.45, 7) is 0. The molecule has 5 aromatic rings. The largest absolute Gasteiger partial charge is 0.477 e. The SMILES string of the molecule is O=C(O)C(=Cc1ccc(-c2ccc(-c3ccc(N(c4ccccc4)c4ccccc4)cc3)s2)s1)C(=O)O. The van der Waals surface area contributed by atoms with Crippen molar-refractivity contribution in [2.45, 2.75) is 0 Å². The summed E-state index contributed by atoms with van der Waals surface area (Å²) in [5.74, 6) is -2.91. The predicted molar refractivity (Wildman–Crippen MR) is 151 cm³/mol. The number of hydrogen-bond donors (Lipinski definition) is 2. The molecule has 0 radical (unpaired) electrons. The van der Waals surface area contributed by atoms with Gasteiger partial charge in [0.25, 0.3) is 0 Å². The average Bonchev–Trinajstić information content (AvgIpc) is 3.59. The summed E-state index contributed by atoms with van der Waals surface area (Å²) in [7, 11) is 0. The van der Waals surface area contributed by atoms with Gasteiger partial charge in [0.15, 0.2) is 0 Å². The first kappa shape index (κ1) is 24.2. The van der Waals surface area contributed by atoms with E-state index >= 15 is 0 Å². The van der Waals surface area contributed by atoms with Crippen molar-refractivity contribution in [2.75, 3.05) is 4.90 Å². The Balaban J connectivity index is 1.41. The maximum atomic E-state index is 11.2. The van der Waals surface area contributed by atoms with E-state index < -0.39 is 17.5 Å². The zero-order valence-corrected chi connectivity index (χ0v) is 21.1. The molecule has 0 aliphatic carbocycles. The Kier molecular flexibility index (Phi) is 6.98. The molecule has 37 heavy (non-hydrogen) atoms. The van der Waals surface area contributed by atoms with E-state index in [2.05, 4.69) is 59.5 Å². The van der Waals surface area contributed by atoms with E-state index in [9.17, 15) is 9.59 Å². The van der Waals surface area contributed by atoms with Gasteiger partial charge in [-0.3, -0.25) is 0 Å². The van der Waals surface area contributed by atoms with Crippen LogP contribution in [0.3, 0.4) is 0 Å². The van der Waals surface area contributed by atoms with Gasteiger partial charge < -0.3 is 15.1 Å². The molecule has 2 heterocycles. The van der Waals surface area contributed by atoms with Crippen LogP contribution in [0.2, 0.25) is 0 Å². The van der Waals surface area contributed by atoms with E-state index in [-0.39, 0.29) is 0 Å². The van der Waals surface area contributed by atoms with Gasteiger partial charge in [-0.15, -0.1) is 22.7 Å². The summed E-state index contributed by atoms with van der Waals surface area (Å²) < 4.78 is 0. The molecule has 0 aliphatic heterocycles. The van der Waals surface area contributed by atoms with Crippen molar-refractivity contribution in [3.8, 4) is 20.2 Å². The molecule has 0 aliphatic rings. The van der Waals surface area contributed by atoms with E-state index in [1.807, 2.05) is 48.5 Å². The van der Waals surface area contributed by atoms with Gasteiger partial charge >= 0.3 is 11.9 Å². The fourth-order valence-corrected chi connectivity index (χ4v) is 5.97. The molecule has 0 saturated carbocycles. The van der Waals surface area contributed by atoms with Crippen molar-refractivity contribution >= 4 is 57.8 Å². The lowest BCUT2D eigenvalue weighted by Gasteiger charge is -2.25. The molecule has 5 rings (SSSR count). The number of aliphatic carboxylic acids is 2. The molecule has 7 heteroatoms. The fraction of sp³-hybridized carbons (Fsp3) is 0. The highest BCUT2D eigenvalue weighted by Crippen LogP contribution is 2.40. The predicted octanol–water partition coefficient (Wildman–Crippen LogP) is 8.17. The number of nitrogens with zero attached hydrogens (tertiary/aromatic N) is 1. The van der Waals surface area contributed by atoms with Crippen molar-refractivity contribution in [1.82, 2.24) is 0 Å². The summed E-state index contributed by atoms with van der Waals surface area (Å²) in [6.07, 6.45) is 1.19. The van der Waals surface area contributed by atoms with Crippen LogP contribution in [0.25, 0.3) is 26.3 Å². The number of anilines is 3. The van der Waals surface area contributed by atoms with Gasteiger partial charge in [0.2, 0.25) is 0 Å². The van der Waals surface area contributed by atoms with Crippen molar-refractivity contribution in [3.63, 3.8) is 0 Å². The lowest BCUT2D eigenvalue weighted by Crippen LogP contribution is -2.10. The second kappa shape index (κ2) is 10.7. The Morgan fingerprint density at radius 2 is 1.05 bits per heavy atom. The number of hydrogen-bond acceptors (Lipinski definition) is 5. The van der Waals surface area contributed by atoms with Gasteiger partial charge in [0, 0.05) is 36.6 Å². The number of rotatable bonds is 8. The number of carbonyl (C=O) groups is 2. The van der Waals surface area contributed by atoms with E-state index in [4.69, 9.17) is 10.2 Å². The van der Waals surface area contributed by atoms with Gasteiger partial charge in [-0.2, -0.15) is 0 Å². The zero-order valence-electron chi connectivity index (χ0n) is 19.4. The average molecular weight is 524 g/mol. The second-order valence-electron chi connectivity index (χ2n) is 8.09. The monoisotopic (exact) mass is 523 g/mol. The van der Waals surface area contributed by atoms with Crippen LogP contribution in [0.4, 0.5) is 17.1 Å². The summed E-state index contributed by atoms with van der Waals surface area (Å²) in [5.41, 5.74) is 3.66. The maximum Gasteiger partial charge on any atom is 0.343 e. The molecule has 0 atom stereocenters. The van der Waals surface area contributed by atoms with Crippen molar-refractivity contribution < 1.29 is 19.8 Å². The Labute approximate surface area is 221 Å². The van der Waals surface area contributed by atoms with Gasteiger partial charge in [-0.1, -0.05) is 48.5 Å². The van der Waals surface area contributed by atoms with Crippen LogP contribution in [0.1, 0.15) is 4.88 Å². The Morgan fingerprint density at radius 3 is 1.62 bits per heavy atom. The third-order valence-electron chi connectivity index (χ3n) is 5.66. The first-order valence-electron chi connectivity index (χ1n) is 11.4. The van der Waals surface area contributed by atoms with Crippen LogP contribution < -0.4 is 4.90 Å². The molecule has 0 bridgehead atoms. The number of thiophene rings is 2. The minimum absolute atomic E-state index is 0.580. The molecule has 2 aromatic heterocycles. The molecule has 0 amide bonds. The topological polar surface area (TPSA) is 77.8 Å². The Hall–Kier alpha value is -4.46. The zero-order chi connectivity index (χ0) is 25.8. The van der Waals surface area contributed by atoms with Gasteiger partial charge in [-0.05, 0) is 72.3 Å². The molecule has 5 nitrogen and oxygen atoms in total. The number of para-hydroxylation sites is 2. The van der Waals surface area contributed by atoms with Crippen LogP contribution in [0.5, 0.6) is 0 Å². The van der Waals surface area contributed by atoms with E-state index in [1.54, 1.807) is 17.4 Å². The molecular weight excluding hydrogens is 502 g/mol. The fourth-order valence-electron chi connectivity index (χ4n) is 3.92. The number of carboxylic acids is 2. The lowest BCUT2D eigenvalue weighted by atomic mass is 10.1. The Bertz CT molecular complexity index is 1510. The minimum atomic E-state index is -1.46. The molecule has 0 unspecified atom stereocenters. The van der Waals surface area contributed by atoms with Gasteiger partial charge in [0.05, 0.1) is 0 Å². The quantitative estimate of drug-likeness (QED) is 0.122. The van der Waals surface area contributed by atoms with Gasteiger partial charge in [0.1, 0.15) is 5.57 Å². The summed E-state index contributed by atoms with van der Waals surface area (Å²) in [6, 6.07) is 36.7. The summed E-state index contributed by atoms with van der Waals surface area (Å²) in [4.78, 5) is 28.2. The Morgan fingerprint density at radius 1 is 0.568 bits per heavy atom. The van der Waals surface area contributed by atoms with Crippen LogP contribution in [0, 0.1) is 0 Å². The standard InChI is InChI=1S/C30H21NO4S2/c32-29(33)25(30(34)35)19-24-15-16-27(36-24)28-18-17-26(37-28)20-11-13-23(14-12-20)31(21-7-3-1-4-8-21)22-9-5-2-6-10-22/h1-19H,(H,32,33)(H,34,35). The van der Waals surface area contributed by atoms with E-state index in [0.29, 0.717) is 4.88 Å².